The van der Waals surface area contributed by atoms with Crippen LogP contribution in [-0.4, -0.2) is 80.5 Å². The number of hydrogen-bond donors (Lipinski definition) is 0. The summed E-state index contributed by atoms with van der Waals surface area (Å²) in [5.41, 5.74) is 3.64. The van der Waals surface area contributed by atoms with E-state index in [1.54, 1.807) is 10.9 Å². The molecule has 11 nitrogen and oxygen atoms in total. The van der Waals surface area contributed by atoms with E-state index < -0.39 is 0 Å². The van der Waals surface area contributed by atoms with Crippen LogP contribution in [0.4, 0.5) is 0 Å². The molecule has 0 saturated carbocycles. The van der Waals surface area contributed by atoms with Crippen LogP contribution >= 0.6 is 0 Å². The third kappa shape index (κ3) is 7.47. The van der Waals surface area contributed by atoms with Crippen molar-refractivity contribution in [1.29, 1.82) is 0 Å². The van der Waals surface area contributed by atoms with Crippen molar-refractivity contribution < 1.29 is 23.8 Å². The molecule has 4 aromatic rings. The van der Waals surface area contributed by atoms with Crippen LogP contribution in [0.3, 0.4) is 0 Å². The van der Waals surface area contributed by atoms with Crippen molar-refractivity contribution in [2.75, 3.05) is 39.6 Å². The molecular weight excluding hydrogens is 572 g/mol. The third-order valence-corrected chi connectivity index (χ3v) is 8.33. The molecule has 2 aliphatic heterocycles. The van der Waals surface area contributed by atoms with Crippen LogP contribution in [0.1, 0.15) is 36.1 Å². The molecule has 0 unspecified atom stereocenters. The molecule has 2 aromatic heterocycles. The Bertz CT molecular complexity index is 1650. The van der Waals surface area contributed by atoms with E-state index in [2.05, 4.69) is 14.6 Å². The van der Waals surface area contributed by atoms with E-state index in [-0.39, 0.29) is 31.4 Å². The lowest BCUT2D eigenvalue weighted by molar-refractivity contribution is -0.132. The highest BCUT2D eigenvalue weighted by Gasteiger charge is 2.20. The minimum absolute atomic E-state index is 0.0409. The Hall–Kier alpha value is -4.80. The fourth-order valence-electron chi connectivity index (χ4n) is 5.94. The number of amides is 2. The van der Waals surface area contributed by atoms with Crippen molar-refractivity contribution in [3.8, 4) is 28.6 Å². The van der Waals surface area contributed by atoms with Gasteiger partial charge < -0.3 is 28.6 Å². The zero-order valence-electron chi connectivity index (χ0n) is 26.0. The molecular formula is C34H40N6O5. The minimum atomic E-state index is 0.0409. The molecule has 0 radical (unpaired) electrons. The highest BCUT2D eigenvalue weighted by Crippen LogP contribution is 2.32. The summed E-state index contributed by atoms with van der Waals surface area (Å²) >= 11 is 0. The van der Waals surface area contributed by atoms with Crippen LogP contribution in [-0.2, 0) is 36.0 Å². The van der Waals surface area contributed by atoms with E-state index in [0.717, 1.165) is 59.8 Å². The first-order valence-electron chi connectivity index (χ1n) is 15.6. The van der Waals surface area contributed by atoms with Crippen molar-refractivity contribution in [2.45, 2.75) is 45.6 Å². The summed E-state index contributed by atoms with van der Waals surface area (Å²) in [6.45, 7) is 5.50. The predicted molar refractivity (Wildman–Crippen MR) is 168 cm³/mol. The minimum Gasteiger partial charge on any atom is -0.492 e. The third-order valence-electron chi connectivity index (χ3n) is 8.33. The molecule has 2 amide bonds. The van der Waals surface area contributed by atoms with Gasteiger partial charge >= 0.3 is 0 Å². The zero-order valence-corrected chi connectivity index (χ0v) is 26.0. The average Bonchev–Trinajstić information content (AvgIpc) is 3.76. The quantitative estimate of drug-likeness (QED) is 0.343. The van der Waals surface area contributed by atoms with E-state index >= 15 is 0 Å². The van der Waals surface area contributed by atoms with Gasteiger partial charge in [0.2, 0.25) is 18.6 Å². The Labute approximate surface area is 263 Å². The van der Waals surface area contributed by atoms with Gasteiger partial charge in [-0.2, -0.15) is 5.10 Å². The second-order valence-electron chi connectivity index (χ2n) is 11.6. The Balaban J connectivity index is 1.19. The molecule has 45 heavy (non-hydrogen) atoms. The summed E-state index contributed by atoms with van der Waals surface area (Å²) in [4.78, 5) is 35.6. The molecule has 0 aliphatic carbocycles. The van der Waals surface area contributed by atoms with E-state index in [1.807, 2.05) is 78.6 Å². The Morgan fingerprint density at radius 2 is 1.62 bits per heavy atom. The van der Waals surface area contributed by atoms with Gasteiger partial charge in [-0.15, -0.1) is 0 Å². The second-order valence-corrected chi connectivity index (χ2v) is 11.6. The second kappa shape index (κ2) is 13.9. The van der Waals surface area contributed by atoms with E-state index in [1.165, 1.54) is 0 Å². The van der Waals surface area contributed by atoms with Crippen LogP contribution < -0.4 is 14.2 Å². The fourth-order valence-corrected chi connectivity index (χ4v) is 5.94. The van der Waals surface area contributed by atoms with Gasteiger partial charge in [-0.3, -0.25) is 14.3 Å². The van der Waals surface area contributed by atoms with Gasteiger partial charge in [0.05, 0.1) is 25.1 Å². The van der Waals surface area contributed by atoms with Crippen molar-refractivity contribution in [3.05, 3.63) is 77.9 Å². The maximum atomic E-state index is 13.6. The van der Waals surface area contributed by atoms with E-state index in [9.17, 15) is 9.59 Å². The highest BCUT2D eigenvalue weighted by molar-refractivity contribution is 5.79. The normalized spacial score (nSPS) is 15.7. The molecule has 6 rings (SSSR count). The first kappa shape index (κ1) is 30.2. The van der Waals surface area contributed by atoms with Crippen molar-refractivity contribution >= 4 is 11.8 Å². The van der Waals surface area contributed by atoms with Gasteiger partial charge in [-0.25, -0.2) is 4.98 Å². The first-order chi connectivity index (χ1) is 21.9. The molecule has 2 aromatic carbocycles. The summed E-state index contributed by atoms with van der Waals surface area (Å²) in [7, 11) is 1.86. The number of rotatable bonds is 4. The lowest BCUT2D eigenvalue weighted by Crippen LogP contribution is -2.38. The number of ether oxygens (including phenoxy) is 3. The summed E-state index contributed by atoms with van der Waals surface area (Å²) < 4.78 is 21.0. The summed E-state index contributed by atoms with van der Waals surface area (Å²) in [6.07, 6.45) is 8.59. The Morgan fingerprint density at radius 1 is 0.844 bits per heavy atom. The van der Waals surface area contributed by atoms with Crippen molar-refractivity contribution in [3.63, 3.8) is 0 Å². The van der Waals surface area contributed by atoms with Gasteiger partial charge in [-0.1, -0.05) is 18.2 Å². The maximum absolute atomic E-state index is 13.6. The summed E-state index contributed by atoms with van der Waals surface area (Å²) in [5, 5.41) is 4.40. The molecule has 0 atom stereocenters. The Kier molecular flexibility index (Phi) is 9.33. The maximum Gasteiger partial charge on any atom is 0.231 e. The first-order valence-corrected chi connectivity index (χ1v) is 15.6. The van der Waals surface area contributed by atoms with Gasteiger partial charge in [0.15, 0.2) is 11.5 Å². The lowest BCUT2D eigenvalue weighted by Gasteiger charge is -2.25. The lowest BCUT2D eigenvalue weighted by atomic mass is 10.1. The summed E-state index contributed by atoms with van der Waals surface area (Å²) in [6, 6.07) is 13.6. The molecule has 4 heterocycles. The van der Waals surface area contributed by atoms with Crippen LogP contribution in [0.25, 0.3) is 11.4 Å². The fraction of sp³-hybridized carbons (Fsp3) is 0.412. The molecule has 0 fully saturated rings. The number of benzene rings is 2. The van der Waals surface area contributed by atoms with Crippen LogP contribution in [0.5, 0.6) is 17.2 Å². The van der Waals surface area contributed by atoms with Gasteiger partial charge in [0.25, 0.3) is 0 Å². The van der Waals surface area contributed by atoms with Gasteiger partial charge in [-0.05, 0) is 56.0 Å². The van der Waals surface area contributed by atoms with Crippen LogP contribution in [0.2, 0.25) is 0 Å². The number of carbonyl (C=O) groups is 2. The largest absolute Gasteiger partial charge is 0.492 e. The zero-order chi connectivity index (χ0) is 31.2. The van der Waals surface area contributed by atoms with Gasteiger partial charge in [0, 0.05) is 62.9 Å². The van der Waals surface area contributed by atoms with Crippen molar-refractivity contribution in [1.82, 2.24) is 29.1 Å². The highest BCUT2D eigenvalue weighted by atomic mass is 16.7. The number of hydrogen-bond acceptors (Lipinski definition) is 7. The number of aryl methyl sites for hydroxylation is 3. The average molecular weight is 613 g/mol. The molecule has 0 saturated heterocycles. The number of fused-ring (bicyclic) bond motifs is 5. The van der Waals surface area contributed by atoms with E-state index in [0.29, 0.717) is 44.3 Å². The molecule has 2 bridgehead atoms. The molecule has 2 aliphatic rings. The summed E-state index contributed by atoms with van der Waals surface area (Å²) in [5.74, 6) is 3.08. The monoisotopic (exact) mass is 612 g/mol. The SMILES string of the molecule is Cc1nn(C)cc1CC(=O)N1CCCCN(C(=O)Cc2ccc3c(c2)OCO3)CCCn2ccnc2-c2cccc(c2)OCC1. The molecule has 0 spiro atoms. The number of nitrogens with zero attached hydrogens (tertiary/aromatic N) is 6. The molecule has 236 valence electrons. The van der Waals surface area contributed by atoms with Crippen LogP contribution in [0.15, 0.2) is 61.1 Å². The van der Waals surface area contributed by atoms with E-state index in [4.69, 9.17) is 14.2 Å². The number of carbonyl (C=O) groups excluding carboxylic acids is 2. The topological polar surface area (TPSA) is 104 Å². The van der Waals surface area contributed by atoms with Crippen LogP contribution in [0, 0.1) is 6.92 Å². The predicted octanol–water partition coefficient (Wildman–Crippen LogP) is 4.03. The van der Waals surface area contributed by atoms with Crippen molar-refractivity contribution in [2.24, 2.45) is 7.05 Å². The smallest absolute Gasteiger partial charge is 0.231 e. The molecule has 0 N–H and O–H groups in total. The number of imidazole rings is 1. The standard InChI is InChI=1S/C34H40N6O5/c1-25-28(23-37(2)36-25)22-33(42)39-13-4-3-12-38(32(41)20-26-9-10-30-31(19-26)45-24-44-30)14-6-15-40-16-11-35-34(40)27-7-5-8-29(21-27)43-18-17-39/h5,7-11,16,19,21,23H,3-4,6,12-15,17-18,20,22,24H2,1-2H3. The molecule has 11 heteroatoms. The van der Waals surface area contributed by atoms with Gasteiger partial charge in [0.1, 0.15) is 18.2 Å². The Morgan fingerprint density at radius 3 is 2.44 bits per heavy atom. The number of aromatic nitrogens is 4.